The summed E-state index contributed by atoms with van der Waals surface area (Å²) in [6.07, 6.45) is 28.9. The molecule has 0 saturated carbocycles. The summed E-state index contributed by atoms with van der Waals surface area (Å²) in [4.78, 5) is 2.54. The van der Waals surface area contributed by atoms with Gasteiger partial charge in [-0.1, -0.05) is 108 Å². The van der Waals surface area contributed by atoms with E-state index >= 15 is 0 Å². The first-order valence-electron chi connectivity index (χ1n) is 14.1. The Labute approximate surface area is 198 Å². The van der Waals surface area contributed by atoms with Crippen molar-refractivity contribution in [2.24, 2.45) is 0 Å². The molecular formula is C30H59N. The molecule has 0 unspecified atom stereocenters. The summed E-state index contributed by atoms with van der Waals surface area (Å²) in [5.74, 6) is 0. The third-order valence-corrected chi connectivity index (χ3v) is 6.60. The summed E-state index contributed by atoms with van der Waals surface area (Å²) in [5, 5.41) is 0. The lowest BCUT2D eigenvalue weighted by atomic mass is 10.0. The van der Waals surface area contributed by atoms with Crippen LogP contribution >= 0.6 is 0 Å². The van der Waals surface area contributed by atoms with E-state index in [0.717, 1.165) is 0 Å². The molecule has 0 spiro atoms. The van der Waals surface area contributed by atoms with Gasteiger partial charge in [-0.2, -0.15) is 0 Å². The zero-order valence-electron chi connectivity index (χ0n) is 22.1. The Morgan fingerprint density at radius 1 is 0.516 bits per heavy atom. The first-order valence-corrected chi connectivity index (χ1v) is 14.1. The van der Waals surface area contributed by atoms with Crippen LogP contribution in [0.3, 0.4) is 0 Å². The molecule has 184 valence electrons. The summed E-state index contributed by atoms with van der Waals surface area (Å²) in [5.41, 5.74) is 2.84. The van der Waals surface area contributed by atoms with Gasteiger partial charge < -0.3 is 4.90 Å². The highest BCUT2D eigenvalue weighted by Gasteiger charge is 2.00. The molecule has 0 aromatic rings. The SMILES string of the molecule is C=C(C)CCCCCCCN(C)CCCCCCCC(=C)CCCCCCCCCC. The lowest BCUT2D eigenvalue weighted by Crippen LogP contribution is -2.20. The van der Waals surface area contributed by atoms with Gasteiger partial charge in [-0.25, -0.2) is 0 Å². The van der Waals surface area contributed by atoms with Crippen molar-refractivity contribution in [3.8, 4) is 0 Å². The maximum atomic E-state index is 4.32. The molecule has 0 N–H and O–H groups in total. The van der Waals surface area contributed by atoms with E-state index in [1.807, 2.05) is 0 Å². The molecule has 0 amide bonds. The second kappa shape index (κ2) is 24.1. The van der Waals surface area contributed by atoms with Gasteiger partial charge in [0.25, 0.3) is 0 Å². The van der Waals surface area contributed by atoms with E-state index in [2.05, 4.69) is 39.0 Å². The molecule has 0 heterocycles. The van der Waals surface area contributed by atoms with Crippen LogP contribution in [0.4, 0.5) is 0 Å². The van der Waals surface area contributed by atoms with Gasteiger partial charge in [0.05, 0.1) is 0 Å². The van der Waals surface area contributed by atoms with Gasteiger partial charge in [0, 0.05) is 0 Å². The van der Waals surface area contributed by atoms with E-state index in [1.54, 1.807) is 0 Å². The van der Waals surface area contributed by atoms with Crippen LogP contribution in [0.15, 0.2) is 24.3 Å². The van der Waals surface area contributed by atoms with Gasteiger partial charge in [-0.05, 0) is 78.4 Å². The van der Waals surface area contributed by atoms with Gasteiger partial charge in [0.2, 0.25) is 0 Å². The standard InChI is InChI=1S/C30H59N/c1-6-7-8-9-10-11-15-20-25-30(4)26-21-16-13-18-23-28-31(5)27-22-17-12-14-19-24-29(2)3/h2,4,6-28H2,1,3,5H3. The highest BCUT2D eigenvalue weighted by atomic mass is 15.1. The Morgan fingerprint density at radius 3 is 1.29 bits per heavy atom. The third-order valence-electron chi connectivity index (χ3n) is 6.60. The highest BCUT2D eigenvalue weighted by Crippen LogP contribution is 2.17. The molecule has 0 aliphatic carbocycles. The second-order valence-corrected chi connectivity index (χ2v) is 10.3. The van der Waals surface area contributed by atoms with Crippen molar-refractivity contribution in [3.63, 3.8) is 0 Å². The van der Waals surface area contributed by atoms with Crippen molar-refractivity contribution < 1.29 is 0 Å². The Kier molecular flexibility index (Phi) is 23.7. The molecule has 0 rings (SSSR count). The Hall–Kier alpha value is -0.560. The lowest BCUT2D eigenvalue weighted by Gasteiger charge is -2.16. The molecule has 31 heavy (non-hydrogen) atoms. The third kappa shape index (κ3) is 25.6. The Morgan fingerprint density at radius 2 is 0.871 bits per heavy atom. The molecule has 0 aromatic carbocycles. The summed E-state index contributed by atoms with van der Waals surface area (Å²) in [7, 11) is 2.30. The highest BCUT2D eigenvalue weighted by molar-refractivity contribution is 4.93. The van der Waals surface area contributed by atoms with Crippen LogP contribution in [0.5, 0.6) is 0 Å². The molecule has 0 radical (unpaired) electrons. The van der Waals surface area contributed by atoms with Crippen molar-refractivity contribution in [1.29, 1.82) is 0 Å². The van der Waals surface area contributed by atoms with Gasteiger partial charge in [-0.15, -0.1) is 6.58 Å². The van der Waals surface area contributed by atoms with E-state index in [9.17, 15) is 0 Å². The van der Waals surface area contributed by atoms with E-state index in [4.69, 9.17) is 0 Å². The van der Waals surface area contributed by atoms with Gasteiger partial charge in [-0.3, -0.25) is 0 Å². The fraction of sp³-hybridized carbons (Fsp3) is 0.867. The van der Waals surface area contributed by atoms with Crippen LogP contribution in [0.1, 0.15) is 149 Å². The topological polar surface area (TPSA) is 3.24 Å². The van der Waals surface area contributed by atoms with Gasteiger partial charge in [0.15, 0.2) is 0 Å². The van der Waals surface area contributed by atoms with Crippen LogP contribution in [-0.2, 0) is 0 Å². The van der Waals surface area contributed by atoms with Crippen LogP contribution in [0.25, 0.3) is 0 Å². The minimum atomic E-state index is 1.22. The molecule has 0 atom stereocenters. The average Bonchev–Trinajstić information content (AvgIpc) is 2.74. The fourth-order valence-corrected chi connectivity index (χ4v) is 4.37. The molecule has 1 heteroatoms. The van der Waals surface area contributed by atoms with Gasteiger partial charge in [0.1, 0.15) is 0 Å². The minimum absolute atomic E-state index is 1.22. The van der Waals surface area contributed by atoms with Crippen LogP contribution in [0, 0.1) is 0 Å². The predicted octanol–water partition coefficient (Wildman–Crippen LogP) is 10.3. The fourth-order valence-electron chi connectivity index (χ4n) is 4.37. The number of rotatable bonds is 25. The molecule has 1 nitrogen and oxygen atoms in total. The Bertz CT molecular complexity index is 397. The second-order valence-electron chi connectivity index (χ2n) is 10.3. The zero-order valence-corrected chi connectivity index (χ0v) is 22.1. The van der Waals surface area contributed by atoms with Crippen molar-refractivity contribution >= 4 is 0 Å². The Balaban J connectivity index is 3.28. The monoisotopic (exact) mass is 433 g/mol. The maximum absolute atomic E-state index is 4.32. The largest absolute Gasteiger partial charge is 0.306 e. The quantitative estimate of drug-likeness (QED) is 0.102. The normalized spacial score (nSPS) is 11.4. The van der Waals surface area contributed by atoms with E-state index < -0.39 is 0 Å². The van der Waals surface area contributed by atoms with E-state index in [0.29, 0.717) is 0 Å². The summed E-state index contributed by atoms with van der Waals surface area (Å²) in [6.45, 7) is 15.3. The first-order chi connectivity index (χ1) is 15.1. The molecule has 0 aliphatic rings. The van der Waals surface area contributed by atoms with Crippen LogP contribution in [-0.4, -0.2) is 25.0 Å². The lowest BCUT2D eigenvalue weighted by molar-refractivity contribution is 0.314. The number of nitrogens with zero attached hydrogens (tertiary/aromatic N) is 1. The van der Waals surface area contributed by atoms with Crippen LogP contribution in [0.2, 0.25) is 0 Å². The number of allylic oxidation sites excluding steroid dienone is 2. The van der Waals surface area contributed by atoms with Crippen molar-refractivity contribution in [3.05, 3.63) is 24.3 Å². The maximum Gasteiger partial charge on any atom is -0.00218 e. The molecular weight excluding hydrogens is 374 g/mol. The van der Waals surface area contributed by atoms with Crippen molar-refractivity contribution in [2.45, 2.75) is 149 Å². The molecule has 0 aromatic heterocycles. The smallest absolute Gasteiger partial charge is 0.00218 e. The minimum Gasteiger partial charge on any atom is -0.306 e. The van der Waals surface area contributed by atoms with Crippen molar-refractivity contribution in [1.82, 2.24) is 4.90 Å². The molecule has 0 saturated heterocycles. The van der Waals surface area contributed by atoms with Crippen LogP contribution < -0.4 is 0 Å². The number of unbranched alkanes of at least 4 members (excludes halogenated alkanes) is 15. The van der Waals surface area contributed by atoms with E-state index in [-0.39, 0.29) is 0 Å². The molecule has 0 bridgehead atoms. The molecule has 0 aliphatic heterocycles. The summed E-state index contributed by atoms with van der Waals surface area (Å²) in [6, 6.07) is 0. The van der Waals surface area contributed by atoms with Gasteiger partial charge >= 0.3 is 0 Å². The number of hydrogen-bond acceptors (Lipinski definition) is 1. The summed E-state index contributed by atoms with van der Waals surface area (Å²) >= 11 is 0. The molecule has 0 fully saturated rings. The predicted molar refractivity (Wildman–Crippen MR) is 144 cm³/mol. The summed E-state index contributed by atoms with van der Waals surface area (Å²) < 4.78 is 0. The van der Waals surface area contributed by atoms with Crippen molar-refractivity contribution in [2.75, 3.05) is 20.1 Å². The first kappa shape index (κ1) is 30.4. The average molecular weight is 434 g/mol. The number of hydrogen-bond donors (Lipinski definition) is 0. The zero-order chi connectivity index (χ0) is 23.0. The van der Waals surface area contributed by atoms with E-state index in [1.165, 1.54) is 159 Å².